The maximum atomic E-state index is 12.5. The number of carbonyl (C=O) groups excluding carboxylic acids is 1. The zero-order chi connectivity index (χ0) is 20.3. The molecule has 148 valence electrons. The van der Waals surface area contributed by atoms with Gasteiger partial charge in [-0.25, -0.2) is 0 Å². The highest BCUT2D eigenvalue weighted by atomic mass is 16.5. The molecule has 1 aromatic heterocycles. The second-order valence-electron chi connectivity index (χ2n) is 6.24. The Morgan fingerprint density at radius 3 is 2.46 bits per heavy atom. The lowest BCUT2D eigenvalue weighted by atomic mass is 10.0. The minimum absolute atomic E-state index is 0.00924. The molecule has 1 atom stereocenters. The highest BCUT2D eigenvalue weighted by Gasteiger charge is 2.34. The van der Waals surface area contributed by atoms with Gasteiger partial charge in [-0.1, -0.05) is 6.92 Å². The van der Waals surface area contributed by atoms with E-state index in [-0.39, 0.29) is 11.5 Å². The average molecular weight is 385 g/mol. The van der Waals surface area contributed by atoms with Crippen LogP contribution in [0, 0.1) is 0 Å². The fourth-order valence-electron chi connectivity index (χ4n) is 3.16. The summed E-state index contributed by atoms with van der Waals surface area (Å²) < 4.78 is 10.7. The summed E-state index contributed by atoms with van der Waals surface area (Å²) in [5, 5.41) is 24.3. The summed E-state index contributed by atoms with van der Waals surface area (Å²) in [7, 11) is 3.02. The topological polar surface area (TPSA) is 104 Å². The molecule has 3 N–H and O–H groups in total. The first-order valence-electron chi connectivity index (χ1n) is 8.87. The lowest BCUT2D eigenvalue weighted by Gasteiger charge is -2.37. The molecular weight excluding hydrogens is 362 g/mol. The van der Waals surface area contributed by atoms with E-state index in [1.54, 1.807) is 29.2 Å². The largest absolute Gasteiger partial charge is 0.505 e. The van der Waals surface area contributed by atoms with E-state index in [9.17, 15) is 15.0 Å². The molecule has 2 aromatic rings. The van der Waals surface area contributed by atoms with Crippen molar-refractivity contribution in [2.24, 2.45) is 0 Å². The molecule has 1 aromatic carbocycles. The number of pyridine rings is 1. The molecule has 0 spiro atoms. The van der Waals surface area contributed by atoms with Crippen molar-refractivity contribution < 1.29 is 24.5 Å². The van der Waals surface area contributed by atoms with Crippen LogP contribution < -0.4 is 19.7 Å². The third kappa shape index (κ3) is 3.46. The van der Waals surface area contributed by atoms with Crippen LogP contribution in [0.5, 0.6) is 11.5 Å². The Morgan fingerprint density at radius 1 is 1.21 bits per heavy atom. The van der Waals surface area contributed by atoms with Gasteiger partial charge in [0, 0.05) is 36.1 Å². The second-order valence-corrected chi connectivity index (χ2v) is 6.24. The predicted octanol–water partition coefficient (Wildman–Crippen LogP) is 2.30. The molecule has 2 heterocycles. The lowest BCUT2D eigenvalue weighted by Crippen LogP contribution is -2.46. The van der Waals surface area contributed by atoms with Crippen molar-refractivity contribution in [1.82, 2.24) is 10.3 Å². The molecule has 1 unspecified atom stereocenters. The van der Waals surface area contributed by atoms with Gasteiger partial charge in [-0.15, -0.1) is 0 Å². The van der Waals surface area contributed by atoms with Gasteiger partial charge in [0.1, 0.15) is 11.5 Å². The molecule has 0 fully saturated rings. The van der Waals surface area contributed by atoms with Crippen LogP contribution in [0.15, 0.2) is 42.4 Å². The van der Waals surface area contributed by atoms with Crippen molar-refractivity contribution in [2.45, 2.75) is 19.6 Å². The molecule has 28 heavy (non-hydrogen) atoms. The SMILES string of the molecule is CCCN1c2cc(OC)c(OC)cc2C(O)=C(NC(=O)c2ccncc2)C1O. The minimum atomic E-state index is -1.23. The summed E-state index contributed by atoms with van der Waals surface area (Å²) in [4.78, 5) is 18.1. The monoisotopic (exact) mass is 385 g/mol. The van der Waals surface area contributed by atoms with Gasteiger partial charge < -0.3 is 29.9 Å². The first-order chi connectivity index (χ1) is 13.5. The van der Waals surface area contributed by atoms with Gasteiger partial charge in [0.15, 0.2) is 17.7 Å². The molecule has 0 saturated carbocycles. The molecule has 1 aliphatic rings. The van der Waals surface area contributed by atoms with E-state index >= 15 is 0 Å². The number of carbonyl (C=O) groups is 1. The third-order valence-corrected chi connectivity index (χ3v) is 4.53. The van der Waals surface area contributed by atoms with Crippen LogP contribution in [0.3, 0.4) is 0 Å². The number of anilines is 1. The normalized spacial score (nSPS) is 15.9. The number of hydrogen-bond acceptors (Lipinski definition) is 7. The van der Waals surface area contributed by atoms with E-state index in [1.165, 1.54) is 26.6 Å². The van der Waals surface area contributed by atoms with Gasteiger partial charge in [0.25, 0.3) is 5.91 Å². The van der Waals surface area contributed by atoms with Crippen LogP contribution in [0.1, 0.15) is 29.3 Å². The number of nitrogens with zero attached hydrogens (tertiary/aromatic N) is 2. The highest BCUT2D eigenvalue weighted by molar-refractivity contribution is 5.97. The molecule has 8 nitrogen and oxygen atoms in total. The number of aliphatic hydroxyl groups is 2. The Labute approximate surface area is 163 Å². The van der Waals surface area contributed by atoms with Crippen molar-refractivity contribution >= 4 is 17.4 Å². The summed E-state index contributed by atoms with van der Waals surface area (Å²) in [6.07, 6.45) is 2.51. The van der Waals surface area contributed by atoms with Crippen LogP contribution in [-0.2, 0) is 0 Å². The van der Waals surface area contributed by atoms with Crippen molar-refractivity contribution in [3.05, 3.63) is 53.5 Å². The van der Waals surface area contributed by atoms with Crippen molar-refractivity contribution in [1.29, 1.82) is 0 Å². The number of methoxy groups -OCH3 is 2. The first kappa shape index (κ1) is 19.5. The number of amides is 1. The zero-order valence-electron chi connectivity index (χ0n) is 16.0. The number of rotatable bonds is 6. The number of ether oxygens (including phenoxy) is 2. The number of aliphatic hydroxyl groups excluding tert-OH is 2. The van der Waals surface area contributed by atoms with Crippen molar-refractivity contribution in [3.8, 4) is 11.5 Å². The standard InChI is InChI=1S/C20H23N3O5/c1-4-9-23-14-11-16(28-3)15(27-2)10-13(14)18(24)17(20(23)26)22-19(25)12-5-7-21-8-6-12/h5-8,10-11,20,24,26H,4,9H2,1-3H3,(H,22,25). The second kappa shape index (κ2) is 8.18. The van der Waals surface area contributed by atoms with E-state index < -0.39 is 12.1 Å². The van der Waals surface area contributed by atoms with E-state index in [0.29, 0.717) is 34.9 Å². The van der Waals surface area contributed by atoms with Gasteiger partial charge in [-0.3, -0.25) is 9.78 Å². The summed E-state index contributed by atoms with van der Waals surface area (Å²) in [5.74, 6) is 0.230. The molecule has 0 radical (unpaired) electrons. The van der Waals surface area contributed by atoms with E-state index in [4.69, 9.17) is 9.47 Å². The quantitative estimate of drug-likeness (QED) is 0.701. The fourth-order valence-corrected chi connectivity index (χ4v) is 3.16. The Hall–Kier alpha value is -3.26. The highest BCUT2D eigenvalue weighted by Crippen LogP contribution is 2.42. The predicted molar refractivity (Wildman–Crippen MR) is 104 cm³/mol. The zero-order valence-corrected chi connectivity index (χ0v) is 16.0. The lowest BCUT2D eigenvalue weighted by molar-refractivity contribution is 0.0944. The molecule has 1 amide bonds. The molecule has 8 heteroatoms. The van der Waals surface area contributed by atoms with Gasteiger partial charge in [-0.2, -0.15) is 0 Å². The van der Waals surface area contributed by atoms with Gasteiger partial charge >= 0.3 is 0 Å². The number of fused-ring (bicyclic) bond motifs is 1. The van der Waals surface area contributed by atoms with Crippen LogP contribution in [0.2, 0.25) is 0 Å². The molecule has 0 aliphatic carbocycles. The summed E-state index contributed by atoms with van der Waals surface area (Å²) in [6.45, 7) is 2.48. The Balaban J connectivity index is 2.08. The van der Waals surface area contributed by atoms with E-state index in [1.807, 2.05) is 6.92 Å². The van der Waals surface area contributed by atoms with Crippen LogP contribution in [0.4, 0.5) is 5.69 Å². The number of aromatic nitrogens is 1. The molecule has 0 saturated heterocycles. The molecule has 0 bridgehead atoms. The summed E-state index contributed by atoms with van der Waals surface area (Å²) in [6, 6.07) is 6.42. The Morgan fingerprint density at radius 2 is 1.86 bits per heavy atom. The van der Waals surface area contributed by atoms with Gasteiger partial charge in [-0.05, 0) is 24.6 Å². The van der Waals surface area contributed by atoms with Crippen LogP contribution in [-0.4, -0.2) is 48.1 Å². The van der Waals surface area contributed by atoms with Crippen molar-refractivity contribution in [2.75, 3.05) is 25.7 Å². The van der Waals surface area contributed by atoms with Gasteiger partial charge in [0.05, 0.1) is 19.9 Å². The van der Waals surface area contributed by atoms with Crippen molar-refractivity contribution in [3.63, 3.8) is 0 Å². The van der Waals surface area contributed by atoms with Crippen LogP contribution in [0.25, 0.3) is 5.76 Å². The van der Waals surface area contributed by atoms with E-state index in [0.717, 1.165) is 6.42 Å². The maximum Gasteiger partial charge on any atom is 0.255 e. The molecular formula is C20H23N3O5. The molecule has 1 aliphatic heterocycles. The minimum Gasteiger partial charge on any atom is -0.505 e. The van der Waals surface area contributed by atoms with E-state index in [2.05, 4.69) is 10.3 Å². The van der Waals surface area contributed by atoms with Gasteiger partial charge in [0.2, 0.25) is 0 Å². The number of benzene rings is 1. The number of hydrogen-bond donors (Lipinski definition) is 3. The summed E-state index contributed by atoms with van der Waals surface area (Å²) in [5.41, 5.74) is 1.39. The average Bonchev–Trinajstić information content (AvgIpc) is 2.73. The summed E-state index contributed by atoms with van der Waals surface area (Å²) >= 11 is 0. The third-order valence-electron chi connectivity index (χ3n) is 4.53. The van der Waals surface area contributed by atoms with Crippen LogP contribution >= 0.6 is 0 Å². The molecule has 3 rings (SSSR count). The first-order valence-corrected chi connectivity index (χ1v) is 8.87. The fraction of sp³-hybridized carbons (Fsp3) is 0.300. The smallest absolute Gasteiger partial charge is 0.255 e. The Bertz CT molecular complexity index is 898. The Kier molecular flexibility index (Phi) is 5.70. The maximum absolute atomic E-state index is 12.5. The number of nitrogens with one attached hydrogen (secondary N) is 1.